The molecule has 94 valence electrons. The molecule has 0 atom stereocenters. The van der Waals surface area contributed by atoms with E-state index in [2.05, 4.69) is 20.5 Å². The van der Waals surface area contributed by atoms with Crippen molar-refractivity contribution in [3.8, 4) is 10.8 Å². The van der Waals surface area contributed by atoms with Gasteiger partial charge in [-0.25, -0.2) is 9.55 Å². The fourth-order valence-electron chi connectivity index (χ4n) is 1.28. The van der Waals surface area contributed by atoms with Gasteiger partial charge in [0.05, 0.1) is 7.05 Å². The van der Waals surface area contributed by atoms with Crippen LogP contribution in [0.1, 0.15) is 6.92 Å². The molecule has 0 fully saturated rings. The Balaban J connectivity index is 2.34. The second-order valence-corrected chi connectivity index (χ2v) is 4.33. The maximum Gasteiger partial charge on any atom is 0.342 e. The van der Waals surface area contributed by atoms with Gasteiger partial charge in [0.25, 0.3) is 5.82 Å². The van der Waals surface area contributed by atoms with Crippen molar-refractivity contribution in [3.63, 3.8) is 0 Å². The summed E-state index contributed by atoms with van der Waals surface area (Å²) in [5.41, 5.74) is 0. The summed E-state index contributed by atoms with van der Waals surface area (Å²) in [7, 11) is 1.51. The fourth-order valence-corrected chi connectivity index (χ4v) is 2.11. The minimum absolute atomic E-state index is 0.138. The molecule has 0 aliphatic rings. The zero-order chi connectivity index (χ0) is 13.3. The Morgan fingerprint density at radius 3 is 2.83 bits per heavy atom. The molecule has 18 heavy (non-hydrogen) atoms. The molecule has 1 N–H and O–H groups in total. The van der Waals surface area contributed by atoms with Crippen LogP contribution >= 0.6 is 11.3 Å². The summed E-state index contributed by atoms with van der Waals surface area (Å²) < 4.78 is 1.30. The van der Waals surface area contributed by atoms with Gasteiger partial charge in [-0.1, -0.05) is 11.3 Å². The van der Waals surface area contributed by atoms with Crippen molar-refractivity contribution in [3.05, 3.63) is 16.3 Å². The lowest BCUT2D eigenvalue weighted by Gasteiger charge is -1.94. The van der Waals surface area contributed by atoms with Crippen LogP contribution in [0.2, 0.25) is 0 Å². The minimum atomic E-state index is -0.535. The van der Waals surface area contributed by atoms with Crippen LogP contribution in [0.3, 0.4) is 0 Å². The van der Waals surface area contributed by atoms with E-state index < -0.39 is 4.92 Å². The standard InChI is InChI=1S/C8H8N6O3S/c1-4(15)10-8-12-11-7(18-8)6-9-3-5(13(6)2)14(16)17/h3H,1-2H3,(H,10,12,15). The number of hydrogen-bond acceptors (Lipinski definition) is 7. The van der Waals surface area contributed by atoms with Crippen molar-refractivity contribution in [2.45, 2.75) is 6.92 Å². The fraction of sp³-hybridized carbons (Fsp3) is 0.250. The molecule has 2 rings (SSSR count). The molecule has 0 spiro atoms. The van der Waals surface area contributed by atoms with E-state index in [-0.39, 0.29) is 11.7 Å². The zero-order valence-corrected chi connectivity index (χ0v) is 10.3. The predicted octanol–water partition coefficient (Wildman–Crippen LogP) is 0.805. The second kappa shape index (κ2) is 4.49. The molecular weight excluding hydrogens is 260 g/mol. The third-order valence-electron chi connectivity index (χ3n) is 2.05. The molecule has 2 heterocycles. The molecule has 0 saturated heterocycles. The monoisotopic (exact) mass is 268 g/mol. The quantitative estimate of drug-likeness (QED) is 0.650. The highest BCUT2D eigenvalue weighted by Gasteiger charge is 2.21. The maximum absolute atomic E-state index is 10.8. The van der Waals surface area contributed by atoms with Gasteiger partial charge in [0.15, 0.2) is 0 Å². The molecule has 2 aromatic rings. The Morgan fingerprint density at radius 2 is 2.28 bits per heavy atom. The highest BCUT2D eigenvalue weighted by Crippen LogP contribution is 2.27. The molecule has 0 aliphatic carbocycles. The summed E-state index contributed by atoms with van der Waals surface area (Å²) in [6.07, 6.45) is 1.15. The number of rotatable bonds is 3. The Labute approximate surface area is 105 Å². The van der Waals surface area contributed by atoms with Gasteiger partial charge in [-0.15, -0.1) is 10.2 Å². The van der Waals surface area contributed by atoms with Crippen molar-refractivity contribution in [2.75, 3.05) is 5.32 Å². The summed E-state index contributed by atoms with van der Waals surface area (Å²) >= 11 is 1.09. The Morgan fingerprint density at radius 1 is 1.56 bits per heavy atom. The van der Waals surface area contributed by atoms with E-state index in [0.29, 0.717) is 16.0 Å². The molecule has 0 aliphatic heterocycles. The lowest BCUT2D eigenvalue weighted by Crippen LogP contribution is -2.04. The van der Waals surface area contributed by atoms with Gasteiger partial charge < -0.3 is 15.4 Å². The number of hydrogen-bond donors (Lipinski definition) is 1. The van der Waals surface area contributed by atoms with Crippen LogP contribution < -0.4 is 5.32 Å². The number of anilines is 1. The summed E-state index contributed by atoms with van der Waals surface area (Å²) in [5.74, 6) is -0.0689. The lowest BCUT2D eigenvalue weighted by molar-refractivity contribution is -0.391. The Hall–Kier alpha value is -2.36. The number of nitro groups is 1. The first-order valence-electron chi connectivity index (χ1n) is 4.76. The van der Waals surface area contributed by atoms with Crippen LogP contribution in [0.4, 0.5) is 10.9 Å². The van der Waals surface area contributed by atoms with Crippen LogP contribution in [0.15, 0.2) is 6.20 Å². The van der Waals surface area contributed by atoms with E-state index in [1.807, 2.05) is 0 Å². The topological polar surface area (TPSA) is 116 Å². The van der Waals surface area contributed by atoms with Crippen LogP contribution in [0.25, 0.3) is 10.8 Å². The van der Waals surface area contributed by atoms with Crippen molar-refractivity contribution < 1.29 is 9.72 Å². The van der Waals surface area contributed by atoms with Crippen molar-refractivity contribution in [1.82, 2.24) is 19.7 Å². The summed E-state index contributed by atoms with van der Waals surface area (Å²) in [6, 6.07) is 0. The Bertz CT molecular complexity index is 618. The number of carbonyl (C=O) groups excluding carboxylic acids is 1. The summed E-state index contributed by atoms with van der Waals surface area (Å²) in [5, 5.41) is 21.4. The molecule has 10 heteroatoms. The zero-order valence-electron chi connectivity index (χ0n) is 9.45. The SMILES string of the molecule is CC(=O)Nc1nnc(-c2ncc([N+](=O)[O-])n2C)s1. The third-order valence-corrected chi connectivity index (χ3v) is 2.88. The van der Waals surface area contributed by atoms with Gasteiger partial charge >= 0.3 is 5.82 Å². The van der Waals surface area contributed by atoms with Crippen LogP contribution in [-0.2, 0) is 11.8 Å². The molecule has 2 aromatic heterocycles. The van der Waals surface area contributed by atoms with Crippen LogP contribution in [-0.4, -0.2) is 30.6 Å². The van der Waals surface area contributed by atoms with Gasteiger partial charge in [0, 0.05) is 6.92 Å². The molecule has 0 bridgehead atoms. The van der Waals surface area contributed by atoms with E-state index in [1.165, 1.54) is 18.5 Å². The molecule has 0 unspecified atom stereocenters. The molecule has 9 nitrogen and oxygen atoms in total. The van der Waals surface area contributed by atoms with Crippen molar-refractivity contribution in [2.24, 2.45) is 7.05 Å². The number of amides is 1. The van der Waals surface area contributed by atoms with E-state index in [1.54, 1.807) is 0 Å². The predicted molar refractivity (Wildman–Crippen MR) is 63.1 cm³/mol. The highest BCUT2D eigenvalue weighted by molar-refractivity contribution is 7.18. The summed E-state index contributed by atoms with van der Waals surface area (Å²) in [4.78, 5) is 24.9. The molecule has 0 aromatic carbocycles. The first-order chi connectivity index (χ1) is 8.49. The maximum atomic E-state index is 10.8. The number of nitrogens with zero attached hydrogens (tertiary/aromatic N) is 5. The second-order valence-electron chi connectivity index (χ2n) is 3.35. The summed E-state index contributed by atoms with van der Waals surface area (Å²) in [6.45, 7) is 1.35. The molecule has 0 radical (unpaired) electrons. The van der Waals surface area contributed by atoms with E-state index in [0.717, 1.165) is 17.5 Å². The van der Waals surface area contributed by atoms with Crippen molar-refractivity contribution >= 4 is 28.2 Å². The van der Waals surface area contributed by atoms with Gasteiger partial charge in [0.2, 0.25) is 16.0 Å². The molecule has 0 saturated carbocycles. The van der Waals surface area contributed by atoms with Crippen molar-refractivity contribution in [1.29, 1.82) is 0 Å². The first kappa shape index (κ1) is 12.1. The average molecular weight is 268 g/mol. The van der Waals surface area contributed by atoms with E-state index in [9.17, 15) is 14.9 Å². The Kier molecular flexibility index (Phi) is 3.02. The van der Waals surface area contributed by atoms with E-state index >= 15 is 0 Å². The smallest absolute Gasteiger partial charge is 0.342 e. The largest absolute Gasteiger partial charge is 0.358 e. The number of carbonyl (C=O) groups is 1. The van der Waals surface area contributed by atoms with E-state index in [4.69, 9.17) is 0 Å². The van der Waals surface area contributed by atoms with Gasteiger partial charge in [-0.3, -0.25) is 4.79 Å². The average Bonchev–Trinajstić information content (AvgIpc) is 2.83. The number of aromatic nitrogens is 4. The number of imidazole rings is 1. The normalized spacial score (nSPS) is 10.3. The lowest BCUT2D eigenvalue weighted by atomic mass is 10.6. The van der Waals surface area contributed by atoms with Crippen LogP contribution in [0.5, 0.6) is 0 Å². The number of nitrogens with one attached hydrogen (secondary N) is 1. The molecular formula is C8H8N6O3S. The van der Waals surface area contributed by atoms with Gasteiger partial charge in [-0.05, 0) is 4.92 Å². The van der Waals surface area contributed by atoms with Crippen LogP contribution in [0, 0.1) is 10.1 Å². The highest BCUT2D eigenvalue weighted by atomic mass is 32.1. The third kappa shape index (κ3) is 2.18. The first-order valence-corrected chi connectivity index (χ1v) is 5.58. The minimum Gasteiger partial charge on any atom is -0.358 e. The molecule has 1 amide bonds. The van der Waals surface area contributed by atoms with Gasteiger partial charge in [0.1, 0.15) is 6.20 Å². The van der Waals surface area contributed by atoms with Gasteiger partial charge in [-0.2, -0.15) is 0 Å².